The number of hydrogen-bond acceptors (Lipinski definition) is 2. The van der Waals surface area contributed by atoms with Gasteiger partial charge < -0.3 is 15.5 Å². The van der Waals surface area contributed by atoms with Crippen molar-refractivity contribution in [3.63, 3.8) is 0 Å². The quantitative estimate of drug-likeness (QED) is 0.749. The molecule has 1 aromatic heterocycles. The Morgan fingerprint density at radius 3 is 2.71 bits per heavy atom. The van der Waals surface area contributed by atoms with Crippen molar-refractivity contribution in [1.82, 2.24) is 4.98 Å². The van der Waals surface area contributed by atoms with Crippen LogP contribution in [0.1, 0.15) is 18.1 Å². The molecule has 3 nitrogen and oxygen atoms in total. The molecule has 0 spiro atoms. The van der Waals surface area contributed by atoms with Crippen molar-refractivity contribution < 1.29 is 4.74 Å². The molecule has 0 bridgehead atoms. The van der Waals surface area contributed by atoms with Crippen molar-refractivity contribution in [2.24, 2.45) is 5.73 Å². The second kappa shape index (κ2) is 6.02. The van der Waals surface area contributed by atoms with Gasteiger partial charge in [0, 0.05) is 29.2 Å². The topological polar surface area (TPSA) is 51.0 Å². The number of nitrogens with one attached hydrogen (secondary N) is 1. The third-order valence-corrected chi connectivity index (χ3v) is 3.53. The van der Waals surface area contributed by atoms with Gasteiger partial charge in [-0.1, -0.05) is 30.3 Å². The molecule has 0 radical (unpaired) electrons. The van der Waals surface area contributed by atoms with Gasteiger partial charge in [0.2, 0.25) is 0 Å². The fraction of sp³-hybridized carbons (Fsp3) is 0.222. The third-order valence-electron chi connectivity index (χ3n) is 3.53. The summed E-state index contributed by atoms with van der Waals surface area (Å²) >= 11 is 0. The van der Waals surface area contributed by atoms with Crippen LogP contribution in [0.4, 0.5) is 0 Å². The van der Waals surface area contributed by atoms with Crippen LogP contribution in [0.15, 0.2) is 54.7 Å². The lowest BCUT2D eigenvalue weighted by Crippen LogP contribution is -2.17. The van der Waals surface area contributed by atoms with E-state index in [2.05, 4.69) is 23.2 Å². The predicted molar refractivity (Wildman–Crippen MR) is 86.4 cm³/mol. The summed E-state index contributed by atoms with van der Waals surface area (Å²) in [6.07, 6.45) is 2.92. The molecule has 1 heterocycles. The maximum Gasteiger partial charge on any atom is 0.121 e. The second-order valence-electron chi connectivity index (χ2n) is 5.48. The van der Waals surface area contributed by atoms with Gasteiger partial charge >= 0.3 is 0 Å². The summed E-state index contributed by atoms with van der Waals surface area (Å²) in [7, 11) is 0. The molecule has 0 fully saturated rings. The molecule has 21 heavy (non-hydrogen) atoms. The minimum atomic E-state index is 0.165. The van der Waals surface area contributed by atoms with Crippen LogP contribution in [0.2, 0.25) is 0 Å². The monoisotopic (exact) mass is 280 g/mol. The Kier molecular flexibility index (Phi) is 3.93. The average Bonchev–Trinajstić information content (AvgIpc) is 2.88. The van der Waals surface area contributed by atoms with Crippen molar-refractivity contribution in [2.45, 2.75) is 26.0 Å². The lowest BCUT2D eigenvalue weighted by molar-refractivity contribution is 0.306. The van der Waals surface area contributed by atoms with Gasteiger partial charge in [0.25, 0.3) is 0 Å². The second-order valence-corrected chi connectivity index (χ2v) is 5.48. The molecule has 108 valence electrons. The van der Waals surface area contributed by atoms with Gasteiger partial charge in [-0.15, -0.1) is 0 Å². The average molecular weight is 280 g/mol. The lowest BCUT2D eigenvalue weighted by atomic mass is 10.1. The highest BCUT2D eigenvalue weighted by molar-refractivity contribution is 5.84. The van der Waals surface area contributed by atoms with E-state index in [-0.39, 0.29) is 6.04 Å². The molecule has 3 heteroatoms. The lowest BCUT2D eigenvalue weighted by Gasteiger charge is -2.07. The Labute approximate surface area is 124 Å². The molecule has 1 unspecified atom stereocenters. The third kappa shape index (κ3) is 3.26. The van der Waals surface area contributed by atoms with Crippen LogP contribution in [-0.4, -0.2) is 11.0 Å². The minimum Gasteiger partial charge on any atom is -0.489 e. The first-order valence-electron chi connectivity index (χ1n) is 7.24. The normalized spacial score (nSPS) is 12.5. The number of benzene rings is 2. The van der Waals surface area contributed by atoms with Gasteiger partial charge in [0.15, 0.2) is 0 Å². The van der Waals surface area contributed by atoms with Crippen molar-refractivity contribution in [3.8, 4) is 5.75 Å². The number of nitrogens with two attached hydrogens (primary N) is 1. The van der Waals surface area contributed by atoms with E-state index < -0.39 is 0 Å². The predicted octanol–water partition coefficient (Wildman–Crippen LogP) is 3.64. The van der Waals surface area contributed by atoms with E-state index in [1.807, 2.05) is 43.5 Å². The number of aromatic nitrogens is 1. The first-order chi connectivity index (χ1) is 10.2. The van der Waals surface area contributed by atoms with Gasteiger partial charge in [-0.25, -0.2) is 0 Å². The van der Waals surface area contributed by atoms with E-state index in [4.69, 9.17) is 10.5 Å². The molecule has 0 saturated heterocycles. The summed E-state index contributed by atoms with van der Waals surface area (Å²) in [6.45, 7) is 2.61. The Hall–Kier alpha value is -2.26. The van der Waals surface area contributed by atoms with E-state index in [9.17, 15) is 0 Å². The van der Waals surface area contributed by atoms with Crippen LogP contribution in [0, 0.1) is 0 Å². The first-order valence-corrected chi connectivity index (χ1v) is 7.24. The largest absolute Gasteiger partial charge is 0.489 e. The van der Waals surface area contributed by atoms with Crippen molar-refractivity contribution in [1.29, 1.82) is 0 Å². The minimum absolute atomic E-state index is 0.165. The summed E-state index contributed by atoms with van der Waals surface area (Å²) in [5, 5.41) is 1.22. The smallest absolute Gasteiger partial charge is 0.121 e. The highest BCUT2D eigenvalue weighted by Gasteiger charge is 2.07. The van der Waals surface area contributed by atoms with Crippen LogP contribution < -0.4 is 10.5 Å². The van der Waals surface area contributed by atoms with Crippen LogP contribution in [0.3, 0.4) is 0 Å². The van der Waals surface area contributed by atoms with Crippen LogP contribution in [0.25, 0.3) is 10.9 Å². The first kappa shape index (κ1) is 13.7. The molecule has 0 aliphatic heterocycles. The fourth-order valence-electron chi connectivity index (χ4n) is 2.51. The number of ether oxygens (including phenoxy) is 1. The molecular formula is C18H20N2O. The van der Waals surface area contributed by atoms with Gasteiger partial charge in [-0.2, -0.15) is 0 Å². The molecule has 0 aliphatic carbocycles. The van der Waals surface area contributed by atoms with Gasteiger partial charge in [0.05, 0.1) is 0 Å². The van der Waals surface area contributed by atoms with Crippen molar-refractivity contribution >= 4 is 10.9 Å². The summed E-state index contributed by atoms with van der Waals surface area (Å²) in [6, 6.07) is 16.5. The number of rotatable bonds is 5. The molecule has 2 aromatic carbocycles. The number of fused-ring (bicyclic) bond motifs is 1. The van der Waals surface area contributed by atoms with Crippen LogP contribution >= 0.6 is 0 Å². The molecule has 1 atom stereocenters. The highest BCUT2D eigenvalue weighted by Crippen LogP contribution is 2.24. The van der Waals surface area contributed by atoms with E-state index in [0.717, 1.165) is 17.7 Å². The van der Waals surface area contributed by atoms with Crippen LogP contribution in [-0.2, 0) is 13.0 Å². The summed E-state index contributed by atoms with van der Waals surface area (Å²) in [5.41, 5.74) is 9.40. The van der Waals surface area contributed by atoms with Gasteiger partial charge in [-0.3, -0.25) is 0 Å². The molecule has 0 saturated carbocycles. The number of H-pyrrole nitrogens is 1. The summed E-state index contributed by atoms with van der Waals surface area (Å²) in [4.78, 5) is 3.30. The SMILES string of the molecule is CC(N)Cc1c[nH]c2cc(OCc3ccccc3)ccc12. The standard InChI is InChI=1S/C18H20N2O/c1-13(19)9-15-11-20-18-10-16(7-8-17(15)18)21-12-14-5-3-2-4-6-14/h2-8,10-11,13,20H,9,12,19H2,1H3. The van der Waals surface area contributed by atoms with E-state index in [0.29, 0.717) is 6.61 Å². The maximum atomic E-state index is 5.88. The maximum absolute atomic E-state index is 5.88. The zero-order chi connectivity index (χ0) is 14.7. The zero-order valence-corrected chi connectivity index (χ0v) is 12.2. The molecule has 3 rings (SSSR count). The molecule has 3 N–H and O–H groups in total. The van der Waals surface area contributed by atoms with E-state index in [1.54, 1.807) is 0 Å². The zero-order valence-electron chi connectivity index (χ0n) is 12.2. The fourth-order valence-corrected chi connectivity index (χ4v) is 2.51. The molecule has 0 amide bonds. The number of aromatic amines is 1. The Bertz CT molecular complexity index is 716. The van der Waals surface area contributed by atoms with E-state index >= 15 is 0 Å². The van der Waals surface area contributed by atoms with Gasteiger partial charge in [0.1, 0.15) is 12.4 Å². The Morgan fingerprint density at radius 2 is 1.95 bits per heavy atom. The highest BCUT2D eigenvalue weighted by atomic mass is 16.5. The molecule has 0 aliphatic rings. The number of hydrogen-bond donors (Lipinski definition) is 2. The van der Waals surface area contributed by atoms with Crippen LogP contribution in [0.5, 0.6) is 5.75 Å². The summed E-state index contributed by atoms with van der Waals surface area (Å²) in [5.74, 6) is 0.876. The summed E-state index contributed by atoms with van der Waals surface area (Å²) < 4.78 is 5.85. The van der Waals surface area contributed by atoms with Crippen molar-refractivity contribution in [3.05, 3.63) is 65.9 Å². The van der Waals surface area contributed by atoms with Gasteiger partial charge in [-0.05, 0) is 36.6 Å². The molecular weight excluding hydrogens is 260 g/mol. The Balaban J connectivity index is 1.75. The van der Waals surface area contributed by atoms with E-state index in [1.165, 1.54) is 16.5 Å². The molecule has 3 aromatic rings. The Morgan fingerprint density at radius 1 is 1.14 bits per heavy atom. The van der Waals surface area contributed by atoms with Crippen molar-refractivity contribution in [2.75, 3.05) is 0 Å².